The Morgan fingerprint density at radius 2 is 1.43 bits per heavy atom. The normalized spacial score (nSPS) is 10.9. The average molecular weight is 397 g/mol. The number of nitrogens with zero attached hydrogens (tertiary/aromatic N) is 1. The van der Waals surface area contributed by atoms with Gasteiger partial charge in [0.1, 0.15) is 0 Å². The Morgan fingerprint density at radius 3 is 2.07 bits per heavy atom. The van der Waals surface area contributed by atoms with Crippen LogP contribution in [0.4, 0.5) is 0 Å². The van der Waals surface area contributed by atoms with Crippen molar-refractivity contribution in [3.05, 3.63) is 108 Å². The first-order chi connectivity index (χ1) is 14.6. The smallest absolute Gasteiger partial charge is 0.256 e. The van der Waals surface area contributed by atoms with Crippen molar-refractivity contribution in [3.8, 4) is 0 Å². The summed E-state index contributed by atoms with van der Waals surface area (Å²) in [4.78, 5) is 30.3. The molecular weight excluding hydrogens is 374 g/mol. The lowest BCUT2D eigenvalue weighted by molar-refractivity contribution is -0.122. The number of fused-ring (bicyclic) bond motifs is 1. The van der Waals surface area contributed by atoms with E-state index in [9.17, 15) is 9.59 Å². The molecule has 2 N–H and O–H groups in total. The summed E-state index contributed by atoms with van der Waals surface area (Å²) in [6, 6.07) is 27.0. The van der Waals surface area contributed by atoms with Gasteiger partial charge in [-0.15, -0.1) is 0 Å². The lowest BCUT2D eigenvalue weighted by atomic mass is 9.99. The molecule has 0 radical (unpaired) electrons. The average Bonchev–Trinajstić information content (AvgIpc) is 3.22. The number of para-hydroxylation sites is 1. The van der Waals surface area contributed by atoms with Crippen molar-refractivity contribution < 1.29 is 9.59 Å². The quantitative estimate of drug-likeness (QED) is 0.513. The zero-order valence-corrected chi connectivity index (χ0v) is 16.7. The number of H-pyrrole nitrogens is 1. The molecule has 0 saturated carbocycles. The van der Waals surface area contributed by atoms with E-state index in [0.29, 0.717) is 5.56 Å². The second kappa shape index (κ2) is 8.66. The van der Waals surface area contributed by atoms with E-state index in [0.717, 1.165) is 22.0 Å². The highest BCUT2D eigenvalue weighted by Crippen LogP contribution is 2.22. The monoisotopic (exact) mass is 397 g/mol. The van der Waals surface area contributed by atoms with Gasteiger partial charge in [0.25, 0.3) is 5.91 Å². The largest absolute Gasteiger partial charge is 0.360 e. The van der Waals surface area contributed by atoms with E-state index in [4.69, 9.17) is 0 Å². The van der Waals surface area contributed by atoms with E-state index >= 15 is 0 Å². The zero-order valence-electron chi connectivity index (χ0n) is 16.7. The number of carbonyl (C=O) groups is 2. The Balaban J connectivity index is 1.50. The first-order valence-corrected chi connectivity index (χ1v) is 9.84. The Morgan fingerprint density at radius 1 is 0.867 bits per heavy atom. The third-order valence-electron chi connectivity index (χ3n) is 5.12. The molecule has 1 aromatic heterocycles. The number of aromatic amines is 1. The third kappa shape index (κ3) is 4.10. The van der Waals surface area contributed by atoms with Crippen molar-refractivity contribution >= 4 is 22.7 Å². The van der Waals surface area contributed by atoms with Gasteiger partial charge in [-0.3, -0.25) is 9.59 Å². The maximum absolute atomic E-state index is 12.9. The third-order valence-corrected chi connectivity index (χ3v) is 5.12. The fourth-order valence-electron chi connectivity index (χ4n) is 3.60. The molecule has 0 saturated heterocycles. The predicted octanol–water partition coefficient (Wildman–Crippen LogP) is 4.15. The summed E-state index contributed by atoms with van der Waals surface area (Å²) in [7, 11) is 1.64. The van der Waals surface area contributed by atoms with Gasteiger partial charge in [0.15, 0.2) is 0 Å². The van der Waals surface area contributed by atoms with Crippen molar-refractivity contribution in [2.75, 3.05) is 13.6 Å². The summed E-state index contributed by atoms with van der Waals surface area (Å²) < 4.78 is 0. The number of aromatic nitrogens is 1. The highest BCUT2D eigenvalue weighted by Gasteiger charge is 2.21. The Labute approximate surface area is 175 Å². The molecule has 0 atom stereocenters. The second-order valence-electron chi connectivity index (χ2n) is 7.23. The number of nitrogens with one attached hydrogen (secondary N) is 2. The fraction of sp³-hybridized carbons (Fsp3) is 0.120. The Kier molecular flexibility index (Phi) is 5.61. The fourth-order valence-corrected chi connectivity index (χ4v) is 3.60. The van der Waals surface area contributed by atoms with E-state index < -0.39 is 0 Å². The number of hydrogen-bond acceptors (Lipinski definition) is 2. The summed E-state index contributed by atoms with van der Waals surface area (Å²) in [5.74, 6) is -0.415. The molecule has 0 fully saturated rings. The van der Waals surface area contributed by atoms with Crippen LogP contribution in [-0.4, -0.2) is 35.3 Å². The molecule has 1 heterocycles. The van der Waals surface area contributed by atoms with Crippen LogP contribution in [0.2, 0.25) is 0 Å². The predicted molar refractivity (Wildman–Crippen MR) is 118 cm³/mol. The number of likely N-dealkylation sites (N-methyl/N-ethyl adjacent to an activating group) is 1. The molecule has 0 unspecified atom stereocenters. The van der Waals surface area contributed by atoms with Gasteiger partial charge in [-0.1, -0.05) is 78.9 Å². The summed E-state index contributed by atoms with van der Waals surface area (Å²) in [5, 5.41) is 3.93. The van der Waals surface area contributed by atoms with E-state index in [-0.39, 0.29) is 24.4 Å². The van der Waals surface area contributed by atoms with Crippen molar-refractivity contribution in [2.24, 2.45) is 0 Å². The molecule has 5 nitrogen and oxygen atoms in total. The highest BCUT2D eigenvalue weighted by atomic mass is 16.2. The van der Waals surface area contributed by atoms with E-state index in [1.165, 1.54) is 4.90 Å². The van der Waals surface area contributed by atoms with Crippen molar-refractivity contribution in [3.63, 3.8) is 0 Å². The maximum Gasteiger partial charge on any atom is 0.256 e. The standard InChI is InChI=1S/C25H23N3O2/c1-28(25(30)21-16-26-22-15-9-8-14-20(21)22)17-23(29)27-24(18-10-4-2-5-11-18)19-12-6-3-7-13-19/h2-16,24,26H,17H2,1H3,(H,27,29). The lowest BCUT2D eigenvalue weighted by Crippen LogP contribution is -2.40. The van der Waals surface area contributed by atoms with E-state index in [2.05, 4.69) is 10.3 Å². The molecule has 5 heteroatoms. The van der Waals surface area contributed by atoms with Gasteiger partial charge in [-0.2, -0.15) is 0 Å². The Bertz CT molecular complexity index is 1110. The lowest BCUT2D eigenvalue weighted by Gasteiger charge is -2.22. The van der Waals surface area contributed by atoms with Gasteiger partial charge in [0, 0.05) is 24.1 Å². The molecule has 30 heavy (non-hydrogen) atoms. The second-order valence-corrected chi connectivity index (χ2v) is 7.23. The first-order valence-electron chi connectivity index (χ1n) is 9.84. The maximum atomic E-state index is 12.9. The van der Waals surface area contributed by atoms with Crippen LogP contribution in [0.15, 0.2) is 91.1 Å². The van der Waals surface area contributed by atoms with E-state index in [1.54, 1.807) is 13.2 Å². The molecular formula is C25H23N3O2. The number of amides is 2. The molecule has 2 amide bonds. The molecule has 0 aliphatic carbocycles. The minimum absolute atomic E-state index is 0.0332. The molecule has 0 bridgehead atoms. The van der Waals surface area contributed by atoms with Gasteiger partial charge in [0.05, 0.1) is 18.2 Å². The number of hydrogen-bond donors (Lipinski definition) is 2. The van der Waals surface area contributed by atoms with Gasteiger partial charge < -0.3 is 15.2 Å². The summed E-state index contributed by atoms with van der Waals surface area (Å²) in [6.07, 6.45) is 1.69. The van der Waals surface area contributed by atoms with Gasteiger partial charge in [-0.25, -0.2) is 0 Å². The first kappa shape index (κ1) is 19.5. The van der Waals surface area contributed by atoms with Crippen LogP contribution in [0.1, 0.15) is 27.5 Å². The Hall–Kier alpha value is -3.86. The number of benzene rings is 3. The van der Waals surface area contributed by atoms with Crippen molar-refractivity contribution in [1.29, 1.82) is 0 Å². The summed E-state index contributed by atoms with van der Waals surface area (Å²) >= 11 is 0. The van der Waals surface area contributed by atoms with Gasteiger partial charge in [0.2, 0.25) is 5.91 Å². The number of rotatable bonds is 6. The molecule has 0 aliphatic rings. The molecule has 0 spiro atoms. The van der Waals surface area contributed by atoms with Gasteiger partial charge in [-0.05, 0) is 17.2 Å². The van der Waals surface area contributed by atoms with Crippen LogP contribution >= 0.6 is 0 Å². The van der Waals surface area contributed by atoms with Crippen LogP contribution in [-0.2, 0) is 4.79 Å². The molecule has 150 valence electrons. The highest BCUT2D eigenvalue weighted by molar-refractivity contribution is 6.07. The van der Waals surface area contributed by atoms with Crippen LogP contribution in [0.3, 0.4) is 0 Å². The van der Waals surface area contributed by atoms with E-state index in [1.807, 2.05) is 84.9 Å². The molecule has 3 aromatic carbocycles. The van der Waals surface area contributed by atoms with Crippen LogP contribution in [0, 0.1) is 0 Å². The van der Waals surface area contributed by atoms with Crippen LogP contribution in [0.5, 0.6) is 0 Å². The molecule has 4 rings (SSSR count). The summed E-state index contributed by atoms with van der Waals surface area (Å²) in [6.45, 7) is -0.0332. The zero-order chi connectivity index (χ0) is 20.9. The minimum atomic E-state index is -0.281. The SMILES string of the molecule is CN(CC(=O)NC(c1ccccc1)c1ccccc1)C(=O)c1c[nH]c2ccccc12. The molecule has 0 aliphatic heterocycles. The minimum Gasteiger partial charge on any atom is -0.360 e. The van der Waals surface area contributed by atoms with Crippen LogP contribution in [0.25, 0.3) is 10.9 Å². The number of carbonyl (C=O) groups excluding carboxylic acids is 2. The molecule has 4 aromatic rings. The van der Waals surface area contributed by atoms with Crippen molar-refractivity contribution in [1.82, 2.24) is 15.2 Å². The van der Waals surface area contributed by atoms with Crippen LogP contribution < -0.4 is 5.32 Å². The van der Waals surface area contributed by atoms with Gasteiger partial charge >= 0.3 is 0 Å². The topological polar surface area (TPSA) is 65.2 Å². The van der Waals surface area contributed by atoms with Crippen molar-refractivity contribution in [2.45, 2.75) is 6.04 Å². The summed E-state index contributed by atoms with van der Waals surface area (Å²) in [5.41, 5.74) is 3.43.